The Morgan fingerprint density at radius 1 is 1.47 bits per heavy atom. The van der Waals surface area contributed by atoms with Gasteiger partial charge in [-0.1, -0.05) is 27.2 Å². The van der Waals surface area contributed by atoms with Gasteiger partial charge in [0.1, 0.15) is 5.41 Å². The summed E-state index contributed by atoms with van der Waals surface area (Å²) in [6, 6.07) is 0. The molecule has 1 saturated carbocycles. The summed E-state index contributed by atoms with van der Waals surface area (Å²) in [6.07, 6.45) is 2.25. The minimum absolute atomic E-state index is 0.111. The number of Topliss-reactive ketones (excluding diaryl/α,β-unsaturated/α-hetero) is 1. The molecule has 0 amide bonds. The summed E-state index contributed by atoms with van der Waals surface area (Å²) < 4.78 is 0. The van der Waals surface area contributed by atoms with Crippen LogP contribution in [-0.4, -0.2) is 16.9 Å². The van der Waals surface area contributed by atoms with Gasteiger partial charge >= 0.3 is 5.97 Å². The van der Waals surface area contributed by atoms with Gasteiger partial charge in [0.25, 0.3) is 0 Å². The van der Waals surface area contributed by atoms with Gasteiger partial charge in [0.2, 0.25) is 0 Å². The van der Waals surface area contributed by atoms with Gasteiger partial charge in [-0.3, -0.25) is 9.59 Å². The first-order valence-corrected chi connectivity index (χ1v) is 5.55. The molecular weight excluding hydrogens is 192 g/mol. The number of rotatable bonds is 2. The fraction of sp³-hybridized carbons (Fsp3) is 0.833. The first-order chi connectivity index (χ1) is 6.76. The van der Waals surface area contributed by atoms with Gasteiger partial charge in [-0.15, -0.1) is 0 Å². The Hall–Kier alpha value is -0.860. The third kappa shape index (κ3) is 1.68. The van der Waals surface area contributed by atoms with Gasteiger partial charge in [0.15, 0.2) is 5.78 Å². The van der Waals surface area contributed by atoms with Gasteiger partial charge in [-0.2, -0.15) is 0 Å². The second-order valence-corrected chi connectivity index (χ2v) is 5.33. The van der Waals surface area contributed by atoms with E-state index in [0.717, 1.165) is 12.8 Å². The minimum Gasteiger partial charge on any atom is -0.481 e. The molecule has 1 aliphatic carbocycles. The molecule has 0 aliphatic heterocycles. The molecule has 0 spiro atoms. The first-order valence-electron chi connectivity index (χ1n) is 5.55. The second kappa shape index (κ2) is 3.62. The molecule has 1 fully saturated rings. The third-order valence-corrected chi connectivity index (χ3v) is 4.06. The average molecular weight is 212 g/mol. The fourth-order valence-corrected chi connectivity index (χ4v) is 2.75. The maximum atomic E-state index is 12.2. The van der Waals surface area contributed by atoms with E-state index in [1.807, 2.05) is 13.8 Å². The zero-order valence-electron chi connectivity index (χ0n) is 9.96. The third-order valence-electron chi connectivity index (χ3n) is 4.06. The van der Waals surface area contributed by atoms with E-state index < -0.39 is 16.8 Å². The van der Waals surface area contributed by atoms with Gasteiger partial charge in [0, 0.05) is 5.41 Å². The summed E-state index contributed by atoms with van der Waals surface area (Å²) in [4.78, 5) is 23.3. The molecule has 3 nitrogen and oxygen atoms in total. The predicted molar refractivity (Wildman–Crippen MR) is 57.5 cm³/mol. The highest BCUT2D eigenvalue weighted by Crippen LogP contribution is 2.47. The Bertz CT molecular complexity index is 293. The Balaban J connectivity index is 3.06. The van der Waals surface area contributed by atoms with Crippen molar-refractivity contribution in [1.29, 1.82) is 0 Å². The number of aliphatic carboxylic acids is 1. The molecule has 0 aromatic carbocycles. The van der Waals surface area contributed by atoms with E-state index in [4.69, 9.17) is 5.11 Å². The first kappa shape index (κ1) is 12.2. The largest absolute Gasteiger partial charge is 0.481 e. The number of ketones is 1. The van der Waals surface area contributed by atoms with Crippen LogP contribution in [-0.2, 0) is 9.59 Å². The molecule has 2 unspecified atom stereocenters. The number of carbonyl (C=O) groups excluding carboxylic acids is 1. The van der Waals surface area contributed by atoms with Crippen LogP contribution >= 0.6 is 0 Å². The maximum absolute atomic E-state index is 12.2. The van der Waals surface area contributed by atoms with Gasteiger partial charge in [0.05, 0.1) is 0 Å². The molecule has 0 radical (unpaired) electrons. The molecule has 15 heavy (non-hydrogen) atoms. The summed E-state index contributed by atoms with van der Waals surface area (Å²) in [5, 5.41) is 9.14. The number of hydrogen-bond acceptors (Lipinski definition) is 2. The van der Waals surface area contributed by atoms with Crippen molar-refractivity contribution in [3.8, 4) is 0 Å². The summed E-state index contributed by atoms with van der Waals surface area (Å²) >= 11 is 0. The van der Waals surface area contributed by atoms with Crippen molar-refractivity contribution in [2.24, 2.45) is 16.7 Å². The summed E-state index contributed by atoms with van der Waals surface area (Å²) in [6.45, 7) is 7.38. The Morgan fingerprint density at radius 3 is 2.40 bits per heavy atom. The Kier molecular flexibility index (Phi) is 2.94. The smallest absolute Gasteiger partial charge is 0.316 e. The van der Waals surface area contributed by atoms with Crippen molar-refractivity contribution in [2.45, 2.75) is 47.0 Å². The van der Waals surface area contributed by atoms with Crippen molar-refractivity contribution >= 4 is 11.8 Å². The van der Waals surface area contributed by atoms with E-state index in [2.05, 4.69) is 6.92 Å². The molecule has 0 aromatic rings. The molecule has 0 aromatic heterocycles. The highest BCUT2D eigenvalue weighted by Gasteiger charge is 2.53. The van der Waals surface area contributed by atoms with E-state index in [0.29, 0.717) is 12.3 Å². The average Bonchev–Trinajstić information content (AvgIpc) is 2.14. The van der Waals surface area contributed by atoms with Gasteiger partial charge in [-0.05, 0) is 25.7 Å². The number of carbonyl (C=O) groups is 2. The van der Waals surface area contributed by atoms with Gasteiger partial charge < -0.3 is 5.11 Å². The number of carboxylic acids is 1. The zero-order valence-corrected chi connectivity index (χ0v) is 9.96. The lowest BCUT2D eigenvalue weighted by molar-refractivity contribution is -0.163. The molecule has 0 heterocycles. The molecule has 0 bridgehead atoms. The molecule has 86 valence electrons. The van der Waals surface area contributed by atoms with Crippen LogP contribution in [0.1, 0.15) is 47.0 Å². The van der Waals surface area contributed by atoms with Crippen LogP contribution in [0.15, 0.2) is 0 Å². The molecule has 3 heteroatoms. The second-order valence-electron chi connectivity index (χ2n) is 5.33. The van der Waals surface area contributed by atoms with Crippen molar-refractivity contribution in [2.75, 3.05) is 0 Å². The van der Waals surface area contributed by atoms with Crippen LogP contribution in [0.3, 0.4) is 0 Å². The number of carboxylic acid groups (broad SMARTS) is 1. The van der Waals surface area contributed by atoms with Crippen molar-refractivity contribution in [3.63, 3.8) is 0 Å². The molecular formula is C12H20O3. The minimum atomic E-state index is -1.17. The lowest BCUT2D eigenvalue weighted by Gasteiger charge is -2.44. The van der Waals surface area contributed by atoms with Crippen molar-refractivity contribution < 1.29 is 14.7 Å². The van der Waals surface area contributed by atoms with E-state index >= 15 is 0 Å². The summed E-state index contributed by atoms with van der Waals surface area (Å²) in [7, 11) is 0. The summed E-state index contributed by atoms with van der Waals surface area (Å²) in [5.74, 6) is -0.770. The van der Waals surface area contributed by atoms with E-state index in [9.17, 15) is 9.59 Å². The monoisotopic (exact) mass is 212 g/mol. The topological polar surface area (TPSA) is 54.4 Å². The van der Waals surface area contributed by atoms with Crippen LogP contribution in [0.5, 0.6) is 0 Å². The highest BCUT2D eigenvalue weighted by molar-refractivity contribution is 6.05. The molecule has 1 aliphatic rings. The number of hydrogen-bond donors (Lipinski definition) is 1. The zero-order chi connectivity index (χ0) is 11.9. The van der Waals surface area contributed by atoms with Gasteiger partial charge in [-0.25, -0.2) is 0 Å². The standard InChI is InChI=1S/C12H20O3/c1-5-8-6-7-12(4,10(14)15)9(13)11(8,2)3/h8H,5-7H2,1-4H3,(H,14,15). The molecule has 2 atom stereocenters. The van der Waals surface area contributed by atoms with Crippen LogP contribution < -0.4 is 0 Å². The van der Waals surface area contributed by atoms with Crippen LogP contribution in [0.2, 0.25) is 0 Å². The molecule has 1 rings (SSSR count). The molecule has 1 N–H and O–H groups in total. The van der Waals surface area contributed by atoms with Crippen LogP contribution in [0, 0.1) is 16.7 Å². The normalized spacial score (nSPS) is 35.2. The van der Waals surface area contributed by atoms with E-state index in [1.54, 1.807) is 6.92 Å². The SMILES string of the molecule is CCC1CCC(C)(C(=O)O)C(=O)C1(C)C. The van der Waals surface area contributed by atoms with E-state index in [1.165, 1.54) is 0 Å². The lowest BCUT2D eigenvalue weighted by Crippen LogP contribution is -2.51. The Morgan fingerprint density at radius 2 is 2.00 bits per heavy atom. The lowest BCUT2D eigenvalue weighted by atomic mass is 9.57. The van der Waals surface area contributed by atoms with Crippen molar-refractivity contribution in [3.05, 3.63) is 0 Å². The van der Waals surface area contributed by atoms with Crippen LogP contribution in [0.4, 0.5) is 0 Å². The maximum Gasteiger partial charge on any atom is 0.316 e. The van der Waals surface area contributed by atoms with Crippen molar-refractivity contribution in [1.82, 2.24) is 0 Å². The predicted octanol–water partition coefficient (Wildman–Crippen LogP) is 2.49. The Labute approximate surface area is 90.9 Å². The van der Waals surface area contributed by atoms with E-state index in [-0.39, 0.29) is 5.78 Å². The van der Waals surface area contributed by atoms with Crippen LogP contribution in [0.25, 0.3) is 0 Å². The molecule has 0 saturated heterocycles. The highest BCUT2D eigenvalue weighted by atomic mass is 16.4. The quantitative estimate of drug-likeness (QED) is 0.715. The summed E-state index contributed by atoms with van der Waals surface area (Å²) in [5.41, 5.74) is -1.67. The fourth-order valence-electron chi connectivity index (χ4n) is 2.75.